The summed E-state index contributed by atoms with van der Waals surface area (Å²) >= 11 is 5.80. The molecule has 0 unspecified atom stereocenters. The van der Waals surface area contributed by atoms with E-state index in [4.69, 9.17) is 16.3 Å². The van der Waals surface area contributed by atoms with Gasteiger partial charge in [-0.05, 0) is 62.4 Å². The first-order valence-electron chi connectivity index (χ1n) is 6.40. The number of carbonyl (C=O) groups is 1. The number of hydrogen-bond acceptors (Lipinski definition) is 3. The van der Waals surface area contributed by atoms with Crippen LogP contribution in [0.25, 0.3) is 0 Å². The molecule has 21 heavy (non-hydrogen) atoms. The van der Waals surface area contributed by atoms with E-state index in [1.165, 1.54) is 0 Å². The van der Waals surface area contributed by atoms with Crippen LogP contribution in [0.4, 0.5) is 0 Å². The fourth-order valence-electron chi connectivity index (χ4n) is 1.76. The van der Waals surface area contributed by atoms with Gasteiger partial charge in [0.1, 0.15) is 5.75 Å². The highest BCUT2D eigenvalue weighted by molar-refractivity contribution is 6.30. The van der Waals surface area contributed by atoms with E-state index in [9.17, 15) is 9.59 Å². The van der Waals surface area contributed by atoms with Gasteiger partial charge in [-0.15, -0.1) is 0 Å². The predicted octanol–water partition coefficient (Wildman–Crippen LogP) is 3.84. The lowest BCUT2D eigenvalue weighted by molar-refractivity contribution is 0.103. The molecule has 2 rings (SSSR count). The molecule has 0 amide bonds. The summed E-state index contributed by atoms with van der Waals surface area (Å²) in [4.78, 5) is 23.0. The fraction of sp³-hybridized carbons (Fsp3) is 0.176. The molecule has 0 fully saturated rings. The van der Waals surface area contributed by atoms with E-state index in [1.54, 1.807) is 68.7 Å². The molecule has 1 radical (unpaired) electrons. The Morgan fingerprint density at radius 3 is 1.95 bits per heavy atom. The van der Waals surface area contributed by atoms with Gasteiger partial charge in [-0.1, -0.05) is 11.6 Å². The van der Waals surface area contributed by atoms with Gasteiger partial charge < -0.3 is 4.74 Å². The van der Waals surface area contributed by atoms with Crippen molar-refractivity contribution in [1.82, 2.24) is 0 Å². The molecule has 0 saturated heterocycles. The van der Waals surface area contributed by atoms with Crippen molar-refractivity contribution in [3.63, 3.8) is 0 Å². The van der Waals surface area contributed by atoms with Gasteiger partial charge in [0.05, 0.1) is 0 Å². The third-order valence-corrected chi connectivity index (χ3v) is 3.09. The van der Waals surface area contributed by atoms with Gasteiger partial charge in [0.15, 0.2) is 11.4 Å². The van der Waals surface area contributed by atoms with Gasteiger partial charge in [-0.2, -0.15) is 0 Å². The molecular weight excluding hydrogens is 288 g/mol. The van der Waals surface area contributed by atoms with Crippen LogP contribution in [-0.4, -0.2) is 17.7 Å². The van der Waals surface area contributed by atoms with Crippen molar-refractivity contribution in [1.29, 1.82) is 0 Å². The molecule has 107 valence electrons. The Bertz CT molecular complexity index is 643. The monoisotopic (exact) mass is 301 g/mol. The van der Waals surface area contributed by atoms with Crippen LogP contribution in [0, 0.1) is 0 Å². The van der Waals surface area contributed by atoms with Crippen LogP contribution in [-0.2, 0) is 4.79 Å². The molecule has 4 heteroatoms. The molecule has 0 bridgehead atoms. The Hall–Kier alpha value is -2.13. The number of ether oxygens (including phenoxy) is 1. The Kier molecular flexibility index (Phi) is 4.43. The third-order valence-electron chi connectivity index (χ3n) is 2.84. The maximum atomic E-state index is 12.3. The third kappa shape index (κ3) is 3.92. The van der Waals surface area contributed by atoms with Crippen LogP contribution in [0.5, 0.6) is 5.75 Å². The Balaban J connectivity index is 2.17. The largest absolute Gasteiger partial charge is 0.480 e. The molecule has 3 nitrogen and oxygen atoms in total. The van der Waals surface area contributed by atoms with Crippen LogP contribution in [0.1, 0.15) is 29.8 Å². The normalized spacial score (nSPS) is 11.0. The van der Waals surface area contributed by atoms with Gasteiger partial charge in [-0.25, -0.2) is 0 Å². The maximum Gasteiger partial charge on any atom is 0.245 e. The lowest BCUT2D eigenvalue weighted by Gasteiger charge is -2.18. The zero-order chi connectivity index (χ0) is 15.5. The standard InChI is InChI=1S/C17H14ClO3/c1-17(2,11-19)21-15-9-5-13(6-10-15)16(20)12-3-7-14(18)8-4-12/h3-10H,1-2H3. The van der Waals surface area contributed by atoms with Crippen molar-refractivity contribution < 1.29 is 14.3 Å². The number of halogens is 1. The van der Waals surface area contributed by atoms with Crippen molar-refractivity contribution in [3.05, 3.63) is 64.7 Å². The quantitative estimate of drug-likeness (QED) is 0.788. The molecule has 0 saturated carbocycles. The van der Waals surface area contributed by atoms with E-state index in [2.05, 4.69) is 0 Å². The number of hydrogen-bond donors (Lipinski definition) is 0. The summed E-state index contributed by atoms with van der Waals surface area (Å²) in [7, 11) is 0. The van der Waals surface area contributed by atoms with Crippen LogP contribution in [0.2, 0.25) is 5.02 Å². The summed E-state index contributed by atoms with van der Waals surface area (Å²) in [6, 6.07) is 13.3. The van der Waals surface area contributed by atoms with Crippen LogP contribution in [0.15, 0.2) is 48.5 Å². The molecule has 2 aromatic rings. The molecule has 0 aromatic heterocycles. The summed E-state index contributed by atoms with van der Waals surface area (Å²) < 4.78 is 5.45. The van der Waals surface area contributed by atoms with Crippen molar-refractivity contribution in [2.24, 2.45) is 0 Å². The van der Waals surface area contributed by atoms with Gasteiger partial charge in [0, 0.05) is 16.1 Å². The van der Waals surface area contributed by atoms with Gasteiger partial charge >= 0.3 is 0 Å². The zero-order valence-electron chi connectivity index (χ0n) is 11.7. The highest BCUT2D eigenvalue weighted by Crippen LogP contribution is 2.20. The van der Waals surface area contributed by atoms with E-state index in [-0.39, 0.29) is 5.78 Å². The first kappa shape index (κ1) is 15.3. The minimum atomic E-state index is -1.01. The number of ketones is 1. The zero-order valence-corrected chi connectivity index (χ0v) is 12.5. The number of carbonyl (C=O) groups excluding carboxylic acids is 2. The summed E-state index contributed by atoms with van der Waals surface area (Å²) in [6.45, 7) is 3.24. The van der Waals surface area contributed by atoms with Crippen molar-refractivity contribution in [2.45, 2.75) is 19.4 Å². The molecule has 0 heterocycles. The van der Waals surface area contributed by atoms with Crippen molar-refractivity contribution >= 4 is 23.7 Å². The topological polar surface area (TPSA) is 43.4 Å². The second-order valence-electron chi connectivity index (χ2n) is 5.07. The van der Waals surface area contributed by atoms with Gasteiger partial charge in [0.25, 0.3) is 0 Å². The molecule has 0 N–H and O–H groups in total. The number of benzene rings is 2. The first-order valence-corrected chi connectivity index (χ1v) is 6.78. The Morgan fingerprint density at radius 2 is 1.48 bits per heavy atom. The lowest BCUT2D eigenvalue weighted by atomic mass is 10.0. The van der Waals surface area contributed by atoms with E-state index in [0.29, 0.717) is 21.9 Å². The van der Waals surface area contributed by atoms with E-state index in [1.807, 2.05) is 0 Å². The minimum Gasteiger partial charge on any atom is -0.480 e. The maximum absolute atomic E-state index is 12.3. The van der Waals surface area contributed by atoms with Crippen LogP contribution < -0.4 is 4.74 Å². The van der Waals surface area contributed by atoms with Crippen LogP contribution in [0.3, 0.4) is 0 Å². The molecular formula is C17H14ClO3. The summed E-state index contributed by atoms with van der Waals surface area (Å²) in [5, 5.41) is 0.586. The van der Waals surface area contributed by atoms with Gasteiger partial charge in [-0.3, -0.25) is 9.59 Å². The molecule has 2 aromatic carbocycles. The highest BCUT2D eigenvalue weighted by atomic mass is 35.5. The van der Waals surface area contributed by atoms with Crippen molar-refractivity contribution in [3.8, 4) is 5.75 Å². The molecule has 0 aliphatic carbocycles. The SMILES string of the molecule is CC(C)([C]=O)Oc1ccc(C(=O)c2ccc(Cl)cc2)cc1. The molecule has 0 aliphatic rings. The smallest absolute Gasteiger partial charge is 0.245 e. The second kappa shape index (κ2) is 6.10. The minimum absolute atomic E-state index is 0.0978. The Labute approximate surface area is 128 Å². The van der Waals surface area contributed by atoms with Crippen LogP contribution >= 0.6 is 11.6 Å². The lowest BCUT2D eigenvalue weighted by Crippen LogP contribution is -2.29. The highest BCUT2D eigenvalue weighted by Gasteiger charge is 2.19. The molecule has 0 spiro atoms. The van der Waals surface area contributed by atoms with E-state index >= 15 is 0 Å². The first-order chi connectivity index (χ1) is 9.91. The average Bonchev–Trinajstić information content (AvgIpc) is 2.48. The Morgan fingerprint density at radius 1 is 1.00 bits per heavy atom. The summed E-state index contributed by atoms with van der Waals surface area (Å²) in [6.07, 6.45) is 1.81. The summed E-state index contributed by atoms with van der Waals surface area (Å²) in [5.74, 6) is 0.412. The summed E-state index contributed by atoms with van der Waals surface area (Å²) in [5.41, 5.74) is 0.0917. The van der Waals surface area contributed by atoms with E-state index < -0.39 is 5.60 Å². The molecule has 0 aliphatic heterocycles. The average molecular weight is 302 g/mol. The second-order valence-corrected chi connectivity index (χ2v) is 5.51. The fourth-order valence-corrected chi connectivity index (χ4v) is 1.88. The molecule has 0 atom stereocenters. The number of rotatable bonds is 5. The van der Waals surface area contributed by atoms with Gasteiger partial charge in [0.2, 0.25) is 6.29 Å². The predicted molar refractivity (Wildman–Crippen MR) is 81.7 cm³/mol. The van der Waals surface area contributed by atoms with E-state index in [0.717, 1.165) is 0 Å². The van der Waals surface area contributed by atoms with Crippen molar-refractivity contribution in [2.75, 3.05) is 0 Å².